The van der Waals surface area contributed by atoms with Crippen molar-refractivity contribution in [3.05, 3.63) is 16.8 Å². The Hall–Kier alpha value is -1.66. The number of nitrogens with two attached hydrogens (primary N) is 1. The molecule has 1 unspecified atom stereocenters. The summed E-state index contributed by atoms with van der Waals surface area (Å²) in [6, 6.07) is 0. The number of anilines is 1. The molecule has 2 rings (SSSR count). The first kappa shape index (κ1) is 13.8. The summed E-state index contributed by atoms with van der Waals surface area (Å²) in [5, 5.41) is 19.0. The maximum absolute atomic E-state index is 11.7. The lowest BCUT2D eigenvalue weighted by atomic mass is 10.00. The molecule has 4 atom stereocenters. The number of ether oxygens (including phenoxy) is 1. The molecule has 1 aliphatic rings. The Morgan fingerprint density at radius 3 is 2.95 bits per heavy atom. The van der Waals surface area contributed by atoms with Gasteiger partial charge in [0.2, 0.25) is 5.95 Å². The predicted molar refractivity (Wildman–Crippen MR) is 65.1 cm³/mol. The third kappa shape index (κ3) is 2.06. The summed E-state index contributed by atoms with van der Waals surface area (Å²) in [7, 11) is 0. The van der Waals surface area contributed by atoms with Gasteiger partial charge in [0.1, 0.15) is 18.5 Å². The monoisotopic (exact) mass is 286 g/mol. The van der Waals surface area contributed by atoms with Crippen molar-refractivity contribution in [2.24, 2.45) is 0 Å². The number of aromatic nitrogens is 3. The fourth-order valence-corrected chi connectivity index (χ4v) is 2.14. The van der Waals surface area contributed by atoms with Crippen molar-refractivity contribution in [2.45, 2.75) is 23.3 Å². The van der Waals surface area contributed by atoms with Gasteiger partial charge in [-0.15, -0.1) is 6.42 Å². The molecule has 1 aromatic rings. The van der Waals surface area contributed by atoms with Gasteiger partial charge in [-0.3, -0.25) is 4.57 Å². The second kappa shape index (κ2) is 4.79. The van der Waals surface area contributed by atoms with Gasteiger partial charge in [0.05, 0.1) is 6.61 Å². The van der Waals surface area contributed by atoms with Crippen LogP contribution >= 0.6 is 11.6 Å². The summed E-state index contributed by atoms with van der Waals surface area (Å²) < 4.78 is 6.22. The van der Waals surface area contributed by atoms with Gasteiger partial charge in [-0.1, -0.05) is 17.5 Å². The number of hydrogen-bond acceptors (Lipinski definition) is 7. The fourth-order valence-electron chi connectivity index (χ4n) is 1.84. The lowest BCUT2D eigenvalue weighted by Crippen LogP contribution is -2.43. The minimum Gasteiger partial charge on any atom is -0.394 e. The quantitative estimate of drug-likeness (QED) is 0.428. The second-order valence-corrected chi connectivity index (χ2v) is 4.60. The molecule has 9 heteroatoms. The van der Waals surface area contributed by atoms with Crippen molar-refractivity contribution in [2.75, 3.05) is 12.3 Å². The minimum atomic E-state index is -1.71. The Morgan fingerprint density at radius 2 is 2.42 bits per heavy atom. The van der Waals surface area contributed by atoms with Gasteiger partial charge in [-0.25, -0.2) is 9.78 Å². The number of rotatable bonds is 2. The van der Waals surface area contributed by atoms with E-state index < -0.39 is 35.6 Å². The highest BCUT2D eigenvalue weighted by molar-refractivity contribution is 6.27. The van der Waals surface area contributed by atoms with E-state index in [1.807, 2.05) is 0 Å². The van der Waals surface area contributed by atoms with Crippen LogP contribution in [0.1, 0.15) is 6.23 Å². The zero-order valence-electron chi connectivity index (χ0n) is 9.60. The molecular formula is C10H11ClN4O4. The lowest BCUT2D eigenvalue weighted by molar-refractivity contribution is -0.0467. The Morgan fingerprint density at radius 1 is 1.74 bits per heavy atom. The topological polar surface area (TPSA) is 123 Å². The van der Waals surface area contributed by atoms with Crippen molar-refractivity contribution >= 4 is 17.5 Å². The number of halogens is 1. The highest BCUT2D eigenvalue weighted by Crippen LogP contribution is 2.42. The minimum absolute atomic E-state index is 0.209. The molecule has 0 bridgehead atoms. The normalized spacial score (nSPS) is 34.1. The van der Waals surface area contributed by atoms with Crippen molar-refractivity contribution in [1.82, 2.24) is 14.5 Å². The van der Waals surface area contributed by atoms with E-state index in [0.29, 0.717) is 0 Å². The van der Waals surface area contributed by atoms with E-state index in [0.717, 1.165) is 10.9 Å². The molecular weight excluding hydrogens is 276 g/mol. The molecule has 0 amide bonds. The van der Waals surface area contributed by atoms with Crippen LogP contribution in [0, 0.1) is 12.3 Å². The second-order valence-electron chi connectivity index (χ2n) is 3.97. The highest BCUT2D eigenvalue weighted by Gasteiger charge is 2.55. The number of alkyl halides is 1. The molecule has 1 fully saturated rings. The summed E-state index contributed by atoms with van der Waals surface area (Å²) in [6.45, 7) is -0.502. The van der Waals surface area contributed by atoms with E-state index in [9.17, 15) is 9.90 Å². The lowest BCUT2D eigenvalue weighted by Gasteiger charge is -2.24. The van der Waals surface area contributed by atoms with E-state index in [4.69, 9.17) is 33.6 Å². The molecule has 19 heavy (non-hydrogen) atoms. The molecule has 1 aliphatic heterocycles. The Balaban J connectivity index is 2.49. The first-order valence-corrected chi connectivity index (χ1v) is 5.63. The first-order valence-electron chi connectivity index (χ1n) is 5.25. The van der Waals surface area contributed by atoms with Gasteiger partial charge in [-0.2, -0.15) is 4.98 Å². The number of hydrogen-bond donors (Lipinski definition) is 3. The highest BCUT2D eigenvalue weighted by atomic mass is 35.5. The molecule has 1 saturated heterocycles. The van der Waals surface area contributed by atoms with Crippen LogP contribution in [-0.4, -0.2) is 48.4 Å². The predicted octanol–water partition coefficient (Wildman–Crippen LogP) is -1.92. The molecule has 4 N–H and O–H groups in total. The molecule has 0 aliphatic carbocycles. The van der Waals surface area contributed by atoms with Gasteiger partial charge in [0.15, 0.2) is 11.1 Å². The molecule has 8 nitrogen and oxygen atoms in total. The van der Waals surface area contributed by atoms with E-state index >= 15 is 0 Å². The average Bonchev–Trinajstić information content (AvgIpc) is 2.63. The zero-order valence-corrected chi connectivity index (χ0v) is 10.4. The Bertz CT molecular complexity index is 586. The SMILES string of the molecule is C#C[C@@]1(Cl)C(O)[C@@H](CO)O[C@H]1n1cnc(N)nc1=O. The van der Waals surface area contributed by atoms with E-state index in [1.54, 1.807) is 0 Å². The van der Waals surface area contributed by atoms with E-state index in [2.05, 4.69) is 15.9 Å². The zero-order chi connectivity index (χ0) is 14.2. The molecule has 0 saturated carbocycles. The first-order chi connectivity index (χ1) is 8.93. The van der Waals surface area contributed by atoms with Gasteiger partial charge in [-0.05, 0) is 0 Å². The van der Waals surface area contributed by atoms with Gasteiger partial charge < -0.3 is 20.7 Å². The molecule has 1 aromatic heterocycles. The van der Waals surface area contributed by atoms with Crippen molar-refractivity contribution < 1.29 is 14.9 Å². The maximum atomic E-state index is 11.7. The van der Waals surface area contributed by atoms with Crippen LogP contribution < -0.4 is 11.4 Å². The van der Waals surface area contributed by atoms with Crippen molar-refractivity contribution in [3.8, 4) is 12.3 Å². The van der Waals surface area contributed by atoms with Gasteiger partial charge in [0, 0.05) is 0 Å². The van der Waals surface area contributed by atoms with Crippen LogP contribution in [0.15, 0.2) is 11.1 Å². The number of nitrogens with zero attached hydrogens (tertiary/aromatic N) is 3. The number of aliphatic hydroxyl groups is 2. The summed E-state index contributed by atoms with van der Waals surface area (Å²) in [4.78, 5) is 17.1. The smallest absolute Gasteiger partial charge is 0.354 e. The fraction of sp³-hybridized carbons (Fsp3) is 0.500. The summed E-state index contributed by atoms with van der Waals surface area (Å²) in [5.74, 6) is 1.97. The maximum Gasteiger partial charge on any atom is 0.354 e. The molecule has 0 spiro atoms. The summed E-state index contributed by atoms with van der Waals surface area (Å²) >= 11 is 6.12. The molecule has 0 radical (unpaired) electrons. The van der Waals surface area contributed by atoms with Gasteiger partial charge in [0.25, 0.3) is 0 Å². The van der Waals surface area contributed by atoms with Crippen LogP contribution in [0.25, 0.3) is 0 Å². The van der Waals surface area contributed by atoms with E-state index in [1.165, 1.54) is 0 Å². The van der Waals surface area contributed by atoms with E-state index in [-0.39, 0.29) is 5.95 Å². The third-order valence-electron chi connectivity index (χ3n) is 2.84. The largest absolute Gasteiger partial charge is 0.394 e. The van der Waals surface area contributed by atoms with Crippen LogP contribution in [0.5, 0.6) is 0 Å². The molecule has 0 aromatic carbocycles. The van der Waals surface area contributed by atoms with Crippen LogP contribution in [-0.2, 0) is 4.74 Å². The Labute approximate surface area is 112 Å². The molecule has 2 heterocycles. The average molecular weight is 287 g/mol. The number of terminal acetylenes is 1. The van der Waals surface area contributed by atoms with Crippen molar-refractivity contribution in [3.63, 3.8) is 0 Å². The van der Waals surface area contributed by atoms with Crippen LogP contribution in [0.3, 0.4) is 0 Å². The summed E-state index contributed by atoms with van der Waals surface area (Å²) in [6.07, 6.45) is 2.80. The molecule has 102 valence electrons. The van der Waals surface area contributed by atoms with Crippen LogP contribution in [0.4, 0.5) is 5.95 Å². The number of nitrogen functional groups attached to an aromatic ring is 1. The van der Waals surface area contributed by atoms with Crippen LogP contribution in [0.2, 0.25) is 0 Å². The number of aliphatic hydroxyl groups excluding tert-OH is 2. The Kier molecular flexibility index (Phi) is 3.47. The summed E-state index contributed by atoms with van der Waals surface area (Å²) in [5.41, 5.74) is 4.49. The third-order valence-corrected chi connectivity index (χ3v) is 3.36. The van der Waals surface area contributed by atoms with Gasteiger partial charge >= 0.3 is 5.69 Å². The standard InChI is InChI=1S/C10H11ClN4O4/c1-2-10(11)6(17)5(3-16)19-7(10)15-4-13-8(12)14-9(15)18/h1,4-7,16-17H,3H2,(H2,12,14,18)/t5-,6?,7-,10-/m1/s1. The van der Waals surface area contributed by atoms with Crippen molar-refractivity contribution in [1.29, 1.82) is 0 Å².